The minimum Gasteiger partial charge on any atom is -0.481 e. The number of aromatic nitrogens is 1. The molecule has 1 aromatic heterocycles. The molecule has 4 rings (SSSR count). The van der Waals surface area contributed by atoms with Crippen LogP contribution in [0.2, 0.25) is 0 Å². The Labute approximate surface area is 164 Å². The molecule has 0 radical (unpaired) electrons. The van der Waals surface area contributed by atoms with E-state index in [1.54, 1.807) is 0 Å². The molecule has 0 saturated carbocycles. The van der Waals surface area contributed by atoms with Crippen molar-refractivity contribution in [1.82, 2.24) is 9.47 Å². The molecule has 0 aliphatic carbocycles. The van der Waals surface area contributed by atoms with Gasteiger partial charge in [-0.3, -0.25) is 4.79 Å². The van der Waals surface area contributed by atoms with Gasteiger partial charge in [0.2, 0.25) is 0 Å². The van der Waals surface area contributed by atoms with Crippen molar-refractivity contribution >= 4 is 16.9 Å². The number of hydrogen-bond donors (Lipinski definition) is 1. The summed E-state index contributed by atoms with van der Waals surface area (Å²) in [6, 6.07) is 15.2. The van der Waals surface area contributed by atoms with Crippen LogP contribution in [0.25, 0.3) is 10.9 Å². The Kier molecular flexibility index (Phi) is 5.44. The van der Waals surface area contributed by atoms with E-state index in [9.17, 15) is 9.18 Å². The molecule has 0 spiro atoms. The fourth-order valence-corrected chi connectivity index (χ4v) is 4.24. The molecule has 0 unspecified atom stereocenters. The molecular formula is C23H25FN2O2. The van der Waals surface area contributed by atoms with Crippen LogP contribution < -0.4 is 0 Å². The number of benzene rings is 2. The van der Waals surface area contributed by atoms with Crippen LogP contribution in [0.15, 0.2) is 54.7 Å². The van der Waals surface area contributed by atoms with Gasteiger partial charge in [-0.25, -0.2) is 4.39 Å². The zero-order chi connectivity index (χ0) is 19.5. The number of nitrogens with zero attached hydrogens (tertiary/aromatic N) is 2. The van der Waals surface area contributed by atoms with Crippen LogP contribution in [0.5, 0.6) is 0 Å². The van der Waals surface area contributed by atoms with Crippen molar-refractivity contribution < 1.29 is 14.3 Å². The van der Waals surface area contributed by atoms with E-state index in [-0.39, 0.29) is 12.2 Å². The van der Waals surface area contributed by atoms with Gasteiger partial charge in [0, 0.05) is 30.2 Å². The quantitative estimate of drug-likeness (QED) is 0.686. The highest BCUT2D eigenvalue weighted by molar-refractivity contribution is 5.84. The maximum atomic E-state index is 13.2. The summed E-state index contributed by atoms with van der Waals surface area (Å²) in [5.41, 5.74) is 3.66. The van der Waals surface area contributed by atoms with Crippen molar-refractivity contribution in [3.63, 3.8) is 0 Å². The van der Waals surface area contributed by atoms with E-state index in [0.717, 1.165) is 38.0 Å². The number of piperidine rings is 1. The monoisotopic (exact) mass is 380 g/mol. The Hall–Kier alpha value is -2.66. The summed E-state index contributed by atoms with van der Waals surface area (Å²) in [5, 5.41) is 10.2. The van der Waals surface area contributed by atoms with E-state index >= 15 is 0 Å². The minimum atomic E-state index is -0.731. The Balaban J connectivity index is 1.53. The van der Waals surface area contributed by atoms with E-state index in [2.05, 4.69) is 39.9 Å². The summed E-state index contributed by atoms with van der Waals surface area (Å²) in [5.74, 6) is -0.456. The van der Waals surface area contributed by atoms with Gasteiger partial charge in [-0.15, -0.1) is 0 Å². The second-order valence-corrected chi connectivity index (χ2v) is 7.62. The van der Waals surface area contributed by atoms with Gasteiger partial charge < -0.3 is 14.6 Å². The zero-order valence-corrected chi connectivity index (χ0v) is 15.9. The van der Waals surface area contributed by atoms with Crippen molar-refractivity contribution in [2.45, 2.75) is 31.7 Å². The first kappa shape index (κ1) is 18.7. The summed E-state index contributed by atoms with van der Waals surface area (Å²) < 4.78 is 15.5. The Morgan fingerprint density at radius 1 is 1.07 bits per heavy atom. The highest BCUT2D eigenvalue weighted by Gasteiger charge is 2.24. The highest BCUT2D eigenvalue weighted by Crippen LogP contribution is 2.34. The molecule has 146 valence electrons. The first-order chi connectivity index (χ1) is 13.6. The lowest BCUT2D eigenvalue weighted by atomic mass is 9.89. The Bertz CT molecular complexity index is 956. The van der Waals surface area contributed by atoms with Gasteiger partial charge in [0.25, 0.3) is 0 Å². The van der Waals surface area contributed by atoms with Crippen LogP contribution in [-0.2, 0) is 11.3 Å². The van der Waals surface area contributed by atoms with Crippen molar-refractivity contribution in [3.8, 4) is 0 Å². The third kappa shape index (κ3) is 4.09. The Morgan fingerprint density at radius 2 is 1.79 bits per heavy atom. The average Bonchev–Trinajstić information content (AvgIpc) is 3.07. The minimum absolute atomic E-state index is 0.210. The molecule has 0 amide bonds. The van der Waals surface area contributed by atoms with Crippen LogP contribution in [0.4, 0.5) is 4.39 Å². The normalized spacial score (nSPS) is 15.9. The molecule has 1 fully saturated rings. The van der Waals surface area contributed by atoms with Crippen molar-refractivity contribution in [2.24, 2.45) is 0 Å². The maximum Gasteiger partial charge on any atom is 0.304 e. The molecule has 2 aromatic carbocycles. The molecule has 1 N–H and O–H groups in total. The topological polar surface area (TPSA) is 45.5 Å². The van der Waals surface area contributed by atoms with Gasteiger partial charge in [0.05, 0.1) is 6.42 Å². The van der Waals surface area contributed by atoms with Gasteiger partial charge >= 0.3 is 5.97 Å². The molecule has 4 nitrogen and oxygen atoms in total. The van der Waals surface area contributed by atoms with Crippen molar-refractivity contribution in [3.05, 3.63) is 71.7 Å². The number of likely N-dealkylation sites (tertiary alicyclic amines) is 1. The number of carboxylic acids is 1. The predicted molar refractivity (Wildman–Crippen MR) is 108 cm³/mol. The summed E-state index contributed by atoms with van der Waals surface area (Å²) in [6.45, 7) is 3.23. The third-order valence-corrected chi connectivity index (χ3v) is 5.75. The molecule has 0 atom stereocenters. The predicted octanol–water partition coefficient (Wildman–Crippen LogP) is 4.48. The average molecular weight is 380 g/mol. The molecular weight excluding hydrogens is 355 g/mol. The summed E-state index contributed by atoms with van der Waals surface area (Å²) in [7, 11) is 0. The summed E-state index contributed by atoms with van der Waals surface area (Å²) in [6.07, 6.45) is 4.56. The standard InChI is InChI=1S/C23H25FN2O2/c24-19-7-5-17(6-8-19)15-26-16-21(20-3-1-2-4-22(20)26)18-9-12-25(13-10-18)14-11-23(27)28/h1-8,16,18H,9-15H2,(H,27,28). The number of para-hydroxylation sites is 1. The molecule has 5 heteroatoms. The summed E-state index contributed by atoms with van der Waals surface area (Å²) in [4.78, 5) is 13.0. The molecule has 1 aliphatic rings. The number of fused-ring (bicyclic) bond motifs is 1. The molecule has 0 bridgehead atoms. The number of aliphatic carboxylic acids is 1. The van der Waals surface area contributed by atoms with Crippen LogP contribution >= 0.6 is 0 Å². The van der Waals surface area contributed by atoms with Crippen molar-refractivity contribution in [2.75, 3.05) is 19.6 Å². The number of hydrogen-bond acceptors (Lipinski definition) is 2. The molecule has 28 heavy (non-hydrogen) atoms. The Morgan fingerprint density at radius 3 is 2.50 bits per heavy atom. The largest absolute Gasteiger partial charge is 0.481 e. The SMILES string of the molecule is O=C(O)CCN1CCC(c2cn(Cc3ccc(F)cc3)c3ccccc23)CC1. The molecule has 3 aromatic rings. The highest BCUT2D eigenvalue weighted by atomic mass is 19.1. The first-order valence-corrected chi connectivity index (χ1v) is 9.86. The zero-order valence-electron chi connectivity index (χ0n) is 15.9. The lowest BCUT2D eigenvalue weighted by Crippen LogP contribution is -2.34. The molecule has 1 aliphatic heterocycles. The van der Waals surface area contributed by atoms with Crippen LogP contribution in [-0.4, -0.2) is 40.2 Å². The lowest BCUT2D eigenvalue weighted by molar-refractivity contribution is -0.137. The maximum absolute atomic E-state index is 13.2. The van der Waals surface area contributed by atoms with Gasteiger partial charge in [-0.2, -0.15) is 0 Å². The number of halogens is 1. The molecule has 2 heterocycles. The van der Waals surface area contributed by atoms with Crippen LogP contribution in [0, 0.1) is 5.82 Å². The van der Waals surface area contributed by atoms with E-state index in [0.29, 0.717) is 12.5 Å². The van der Waals surface area contributed by atoms with Crippen LogP contribution in [0.1, 0.15) is 36.3 Å². The first-order valence-electron chi connectivity index (χ1n) is 9.86. The van der Waals surface area contributed by atoms with Gasteiger partial charge in [-0.05, 0) is 61.2 Å². The van der Waals surface area contributed by atoms with E-state index < -0.39 is 5.97 Å². The fraction of sp³-hybridized carbons (Fsp3) is 0.348. The molecule has 1 saturated heterocycles. The summed E-state index contributed by atoms with van der Waals surface area (Å²) >= 11 is 0. The smallest absolute Gasteiger partial charge is 0.304 e. The van der Waals surface area contributed by atoms with Gasteiger partial charge in [0.1, 0.15) is 5.82 Å². The van der Waals surface area contributed by atoms with E-state index in [1.165, 1.54) is 28.6 Å². The van der Waals surface area contributed by atoms with E-state index in [1.807, 2.05) is 12.1 Å². The number of carboxylic acid groups (broad SMARTS) is 1. The van der Waals surface area contributed by atoms with Gasteiger partial charge in [0.15, 0.2) is 0 Å². The third-order valence-electron chi connectivity index (χ3n) is 5.75. The van der Waals surface area contributed by atoms with Crippen LogP contribution in [0.3, 0.4) is 0 Å². The number of rotatable bonds is 6. The lowest BCUT2D eigenvalue weighted by Gasteiger charge is -2.31. The second-order valence-electron chi connectivity index (χ2n) is 7.62. The second kappa shape index (κ2) is 8.15. The van der Waals surface area contributed by atoms with E-state index in [4.69, 9.17) is 5.11 Å². The number of carbonyl (C=O) groups is 1. The fourth-order valence-electron chi connectivity index (χ4n) is 4.24. The van der Waals surface area contributed by atoms with Crippen molar-refractivity contribution in [1.29, 1.82) is 0 Å². The van der Waals surface area contributed by atoms with Gasteiger partial charge in [-0.1, -0.05) is 30.3 Å².